The highest BCUT2D eigenvalue weighted by Crippen LogP contribution is 2.28. The van der Waals surface area contributed by atoms with Gasteiger partial charge in [0, 0.05) is 12.2 Å². The number of nitrogens with zero attached hydrogens (tertiary/aromatic N) is 2. The van der Waals surface area contributed by atoms with E-state index in [9.17, 15) is 9.59 Å². The predicted molar refractivity (Wildman–Crippen MR) is 123 cm³/mol. The minimum Gasteiger partial charge on any atom is -0.376 e. The van der Waals surface area contributed by atoms with Gasteiger partial charge in [-0.25, -0.2) is 4.98 Å². The number of aryl methyl sites for hydroxylation is 2. The molecule has 0 spiro atoms. The Morgan fingerprint density at radius 2 is 2.03 bits per heavy atom. The Morgan fingerprint density at radius 3 is 2.87 bits per heavy atom. The lowest BCUT2D eigenvalue weighted by atomic mass is 10.0. The summed E-state index contributed by atoms with van der Waals surface area (Å²) >= 11 is 1.37. The molecule has 5 nitrogen and oxygen atoms in total. The number of carbonyl (C=O) groups is 1. The third-order valence-electron chi connectivity index (χ3n) is 6.27. The Kier molecular flexibility index (Phi) is 5.67. The zero-order valence-electron chi connectivity index (χ0n) is 17.7. The molecule has 2 aliphatic rings. The molecule has 0 amide bonds. The van der Waals surface area contributed by atoms with Gasteiger partial charge >= 0.3 is 0 Å². The topological polar surface area (TPSA) is 61.2 Å². The van der Waals surface area contributed by atoms with E-state index in [1.165, 1.54) is 22.9 Å². The molecule has 1 aliphatic heterocycles. The molecule has 160 valence electrons. The fraction of sp³-hybridized carbons (Fsp3) is 0.400. The summed E-state index contributed by atoms with van der Waals surface area (Å²) in [5, 5.41) is 0.840. The highest BCUT2D eigenvalue weighted by atomic mass is 32.2. The molecule has 2 aromatic carbocycles. The molecule has 0 saturated carbocycles. The lowest BCUT2D eigenvalue weighted by molar-refractivity contribution is 0.0937. The standard InChI is InChI=1S/C25H26N2O3S/c1-16(23(28)19-12-11-17-6-4-7-18(17)14-19)31-25-26-22-10-3-2-9-21(22)24(29)27(25)15-20-8-5-13-30-20/h2-3,9-12,14,16,20H,4-8,13,15H2,1H3/t16-,20+/m1/s1. The van der Waals surface area contributed by atoms with E-state index in [0.29, 0.717) is 22.6 Å². The van der Waals surface area contributed by atoms with Crippen LogP contribution in [-0.4, -0.2) is 33.3 Å². The number of carbonyl (C=O) groups excluding carboxylic acids is 1. The third kappa shape index (κ3) is 4.06. The van der Waals surface area contributed by atoms with Gasteiger partial charge in [-0.3, -0.25) is 14.2 Å². The zero-order valence-corrected chi connectivity index (χ0v) is 18.5. The molecular formula is C25H26N2O3S. The van der Waals surface area contributed by atoms with Crippen LogP contribution in [0.4, 0.5) is 0 Å². The minimum absolute atomic E-state index is 0.0164. The molecule has 1 aromatic heterocycles. The van der Waals surface area contributed by atoms with Gasteiger partial charge in [0.1, 0.15) is 0 Å². The fourth-order valence-corrected chi connectivity index (χ4v) is 5.56. The van der Waals surface area contributed by atoms with Crippen LogP contribution in [0.15, 0.2) is 52.4 Å². The van der Waals surface area contributed by atoms with Gasteiger partial charge in [0.15, 0.2) is 10.9 Å². The number of ketones is 1. The van der Waals surface area contributed by atoms with Crippen LogP contribution in [0.3, 0.4) is 0 Å². The van der Waals surface area contributed by atoms with Gasteiger partial charge in [0.25, 0.3) is 5.56 Å². The number of aromatic nitrogens is 2. The van der Waals surface area contributed by atoms with Crippen molar-refractivity contribution in [2.75, 3.05) is 6.61 Å². The number of ether oxygens (including phenoxy) is 1. The van der Waals surface area contributed by atoms with Crippen LogP contribution < -0.4 is 5.56 Å². The maximum absolute atomic E-state index is 13.3. The van der Waals surface area contributed by atoms with E-state index in [1.54, 1.807) is 4.57 Å². The fourth-order valence-electron chi connectivity index (χ4n) is 4.56. The molecule has 1 fully saturated rings. The van der Waals surface area contributed by atoms with E-state index in [1.807, 2.05) is 37.3 Å². The van der Waals surface area contributed by atoms with Crippen LogP contribution in [0, 0.1) is 0 Å². The van der Waals surface area contributed by atoms with Crippen LogP contribution in [0.2, 0.25) is 0 Å². The van der Waals surface area contributed by atoms with Crippen molar-refractivity contribution in [3.05, 3.63) is 69.5 Å². The summed E-state index contributed by atoms with van der Waals surface area (Å²) in [5.74, 6) is 0.0748. The summed E-state index contributed by atoms with van der Waals surface area (Å²) in [6.45, 7) is 3.10. The van der Waals surface area contributed by atoms with E-state index in [4.69, 9.17) is 9.72 Å². The van der Waals surface area contributed by atoms with Gasteiger partial charge in [0.2, 0.25) is 0 Å². The van der Waals surface area contributed by atoms with Crippen LogP contribution in [0.5, 0.6) is 0 Å². The first-order chi connectivity index (χ1) is 15.1. The van der Waals surface area contributed by atoms with E-state index in [2.05, 4.69) is 12.1 Å². The maximum atomic E-state index is 13.3. The number of fused-ring (bicyclic) bond motifs is 2. The van der Waals surface area contributed by atoms with Crippen molar-refractivity contribution in [1.82, 2.24) is 9.55 Å². The molecule has 1 saturated heterocycles. The summed E-state index contributed by atoms with van der Waals surface area (Å²) in [6, 6.07) is 13.5. The summed E-state index contributed by atoms with van der Waals surface area (Å²) in [7, 11) is 0. The highest BCUT2D eigenvalue weighted by Gasteiger charge is 2.24. The lowest BCUT2D eigenvalue weighted by Crippen LogP contribution is -2.29. The number of Topliss-reactive ketones (excluding diaryl/α,β-unsaturated/α-hetero) is 1. The number of rotatable bonds is 6. The average molecular weight is 435 g/mol. The molecule has 2 atom stereocenters. The summed E-state index contributed by atoms with van der Waals surface area (Å²) in [4.78, 5) is 31.2. The van der Waals surface area contributed by atoms with Gasteiger partial charge in [-0.2, -0.15) is 0 Å². The quantitative estimate of drug-likeness (QED) is 0.326. The summed E-state index contributed by atoms with van der Waals surface area (Å²) in [6.07, 6.45) is 5.27. The van der Waals surface area contributed by atoms with Crippen LogP contribution >= 0.6 is 11.8 Å². The summed E-state index contributed by atoms with van der Waals surface area (Å²) < 4.78 is 7.48. The largest absolute Gasteiger partial charge is 0.376 e. The van der Waals surface area contributed by atoms with Crippen molar-refractivity contribution < 1.29 is 9.53 Å². The molecule has 2 heterocycles. The van der Waals surface area contributed by atoms with Crippen molar-refractivity contribution in [2.24, 2.45) is 0 Å². The minimum atomic E-state index is -0.344. The first-order valence-corrected chi connectivity index (χ1v) is 11.9. The van der Waals surface area contributed by atoms with E-state index in [-0.39, 0.29) is 22.7 Å². The Bertz CT molecular complexity index is 1200. The first kappa shape index (κ1) is 20.5. The molecule has 6 heteroatoms. The van der Waals surface area contributed by atoms with Gasteiger partial charge in [0.05, 0.1) is 28.8 Å². The number of para-hydroxylation sites is 1. The van der Waals surface area contributed by atoms with Crippen molar-refractivity contribution in [2.45, 2.75) is 62.1 Å². The number of benzene rings is 2. The van der Waals surface area contributed by atoms with Crippen LogP contribution in [0.1, 0.15) is 47.7 Å². The smallest absolute Gasteiger partial charge is 0.262 e. The van der Waals surface area contributed by atoms with Crippen LogP contribution in [-0.2, 0) is 24.1 Å². The predicted octanol–water partition coefficient (Wildman–Crippen LogP) is 4.43. The third-order valence-corrected chi connectivity index (χ3v) is 7.36. The highest BCUT2D eigenvalue weighted by molar-refractivity contribution is 8.00. The van der Waals surface area contributed by atoms with Gasteiger partial charge in [-0.15, -0.1) is 0 Å². The van der Waals surface area contributed by atoms with Crippen molar-refractivity contribution >= 4 is 28.4 Å². The number of hydrogen-bond acceptors (Lipinski definition) is 5. The zero-order chi connectivity index (χ0) is 21.4. The van der Waals surface area contributed by atoms with Gasteiger partial charge in [-0.05, 0) is 68.4 Å². The Balaban J connectivity index is 1.46. The second kappa shape index (κ2) is 8.60. The molecular weight excluding hydrogens is 408 g/mol. The number of thioether (sulfide) groups is 1. The maximum Gasteiger partial charge on any atom is 0.262 e. The Morgan fingerprint density at radius 1 is 1.19 bits per heavy atom. The monoisotopic (exact) mass is 434 g/mol. The van der Waals surface area contributed by atoms with Gasteiger partial charge < -0.3 is 4.74 Å². The van der Waals surface area contributed by atoms with Gasteiger partial charge in [-0.1, -0.05) is 36.0 Å². The Labute approximate surface area is 185 Å². The SMILES string of the molecule is C[C@@H](Sc1nc2ccccc2c(=O)n1C[C@@H]1CCCO1)C(=O)c1ccc2c(c1)CCC2. The molecule has 0 bridgehead atoms. The first-order valence-electron chi connectivity index (χ1n) is 11.0. The molecule has 0 N–H and O–H groups in total. The summed E-state index contributed by atoms with van der Waals surface area (Å²) in [5.41, 5.74) is 3.99. The van der Waals surface area contributed by atoms with E-state index in [0.717, 1.165) is 44.3 Å². The second-order valence-corrected chi connectivity index (χ2v) is 9.73. The number of hydrogen-bond donors (Lipinski definition) is 0. The van der Waals surface area contributed by atoms with E-state index >= 15 is 0 Å². The average Bonchev–Trinajstić information content (AvgIpc) is 3.47. The van der Waals surface area contributed by atoms with Crippen molar-refractivity contribution in [3.8, 4) is 0 Å². The van der Waals surface area contributed by atoms with Crippen molar-refractivity contribution in [3.63, 3.8) is 0 Å². The molecule has 3 aromatic rings. The molecule has 1 aliphatic carbocycles. The molecule has 5 rings (SSSR count). The normalized spacial score (nSPS) is 18.9. The lowest BCUT2D eigenvalue weighted by Gasteiger charge is -2.18. The molecule has 0 unspecified atom stereocenters. The van der Waals surface area contributed by atoms with Crippen molar-refractivity contribution in [1.29, 1.82) is 0 Å². The van der Waals surface area contributed by atoms with Crippen LogP contribution in [0.25, 0.3) is 10.9 Å². The molecule has 31 heavy (non-hydrogen) atoms. The van der Waals surface area contributed by atoms with E-state index < -0.39 is 0 Å². The Hall–Kier alpha value is -2.44. The molecule has 0 radical (unpaired) electrons. The second-order valence-electron chi connectivity index (χ2n) is 8.42.